The Labute approximate surface area is 187 Å². The Morgan fingerprint density at radius 1 is 1.21 bits per heavy atom. The van der Waals surface area contributed by atoms with E-state index in [-0.39, 0.29) is 18.3 Å². The number of benzene rings is 2. The highest BCUT2D eigenvalue weighted by molar-refractivity contribution is 9.10. The molecule has 2 aromatic carbocycles. The summed E-state index contributed by atoms with van der Waals surface area (Å²) < 4.78 is 8.54. The molecule has 0 spiro atoms. The van der Waals surface area contributed by atoms with Gasteiger partial charge in [-0.25, -0.2) is 0 Å². The summed E-state index contributed by atoms with van der Waals surface area (Å²) in [7, 11) is 3.66. The second-order valence-electron chi connectivity index (χ2n) is 6.33. The van der Waals surface area contributed by atoms with E-state index in [4.69, 9.17) is 16.3 Å². The van der Waals surface area contributed by atoms with Crippen LogP contribution in [0.25, 0.3) is 0 Å². The fraction of sp³-hybridized carbons (Fsp3) is 0.250. The third kappa shape index (κ3) is 5.98. The summed E-state index contributed by atoms with van der Waals surface area (Å²) in [6.07, 6.45) is 0. The van der Waals surface area contributed by atoms with Crippen LogP contribution in [0.15, 0.2) is 58.2 Å². The van der Waals surface area contributed by atoms with Crippen LogP contribution < -0.4 is 4.74 Å². The summed E-state index contributed by atoms with van der Waals surface area (Å²) in [5, 5.41) is 9.65. The van der Waals surface area contributed by atoms with Gasteiger partial charge in [-0.3, -0.25) is 4.79 Å². The second-order valence-corrected chi connectivity index (χ2v) is 8.56. The molecule has 3 rings (SSSR count). The lowest BCUT2D eigenvalue weighted by Gasteiger charge is -2.17. The van der Waals surface area contributed by atoms with E-state index >= 15 is 0 Å². The molecular formula is C20H20BrClN4O2S. The lowest BCUT2D eigenvalue weighted by molar-refractivity contribution is -0.127. The monoisotopic (exact) mass is 494 g/mol. The van der Waals surface area contributed by atoms with Crippen molar-refractivity contribution < 1.29 is 9.53 Å². The molecule has 0 radical (unpaired) electrons. The molecule has 9 heteroatoms. The molecule has 6 nitrogen and oxygen atoms in total. The predicted molar refractivity (Wildman–Crippen MR) is 118 cm³/mol. The van der Waals surface area contributed by atoms with Crippen LogP contribution in [0.4, 0.5) is 0 Å². The number of amides is 1. The van der Waals surface area contributed by atoms with Crippen LogP contribution in [0.3, 0.4) is 0 Å². The van der Waals surface area contributed by atoms with Gasteiger partial charge < -0.3 is 14.2 Å². The Morgan fingerprint density at radius 3 is 2.66 bits per heavy atom. The summed E-state index contributed by atoms with van der Waals surface area (Å²) >= 11 is 10.7. The molecule has 0 N–H and O–H groups in total. The number of carbonyl (C=O) groups is 1. The molecule has 0 aliphatic heterocycles. The molecule has 0 atom stereocenters. The van der Waals surface area contributed by atoms with Gasteiger partial charge in [0, 0.05) is 30.1 Å². The molecular weight excluding hydrogens is 476 g/mol. The molecule has 0 aliphatic carbocycles. The Kier molecular flexibility index (Phi) is 7.57. The number of nitrogens with zero attached hydrogens (tertiary/aromatic N) is 4. The number of hydrogen-bond acceptors (Lipinski definition) is 5. The number of hydrogen-bond donors (Lipinski definition) is 0. The largest absolute Gasteiger partial charge is 0.486 e. The Morgan fingerprint density at radius 2 is 1.93 bits per heavy atom. The number of rotatable bonds is 8. The van der Waals surface area contributed by atoms with Gasteiger partial charge >= 0.3 is 0 Å². The van der Waals surface area contributed by atoms with E-state index in [1.54, 1.807) is 36.2 Å². The zero-order valence-corrected chi connectivity index (χ0v) is 19.2. The van der Waals surface area contributed by atoms with Gasteiger partial charge in [0.05, 0.1) is 5.75 Å². The first-order valence-corrected chi connectivity index (χ1v) is 11.0. The van der Waals surface area contributed by atoms with E-state index < -0.39 is 0 Å². The standard InChI is InChI=1S/C20H20BrClN4O2S/c1-25(11-14-5-3-4-6-17(14)21)19(27)13-29-20-24-23-18(26(20)2)12-28-16-9-7-15(22)8-10-16/h3-10H,11-13H2,1-2H3. The zero-order valence-electron chi connectivity index (χ0n) is 16.0. The number of halogens is 2. The molecule has 0 saturated carbocycles. The lowest BCUT2D eigenvalue weighted by atomic mass is 10.2. The molecule has 1 amide bonds. The van der Waals surface area contributed by atoms with Crippen molar-refractivity contribution >= 4 is 45.2 Å². The summed E-state index contributed by atoms with van der Waals surface area (Å²) in [5.41, 5.74) is 1.06. The molecule has 29 heavy (non-hydrogen) atoms. The van der Waals surface area contributed by atoms with Crippen molar-refractivity contribution in [3.63, 3.8) is 0 Å². The van der Waals surface area contributed by atoms with Gasteiger partial charge in [-0.2, -0.15) is 0 Å². The van der Waals surface area contributed by atoms with Gasteiger partial charge in [0.15, 0.2) is 11.0 Å². The van der Waals surface area contributed by atoms with E-state index in [0.717, 1.165) is 10.0 Å². The predicted octanol–water partition coefficient (Wildman–Crippen LogP) is 4.56. The summed E-state index contributed by atoms with van der Waals surface area (Å²) in [6, 6.07) is 15.0. The van der Waals surface area contributed by atoms with Gasteiger partial charge in [-0.05, 0) is 35.9 Å². The molecule has 3 aromatic rings. The summed E-state index contributed by atoms with van der Waals surface area (Å²) in [5.74, 6) is 1.69. The van der Waals surface area contributed by atoms with Gasteiger partial charge in [-0.1, -0.05) is 57.5 Å². The molecule has 0 aliphatic rings. The Bertz CT molecular complexity index is 981. The van der Waals surface area contributed by atoms with Crippen molar-refractivity contribution in [3.8, 4) is 5.75 Å². The molecule has 1 heterocycles. The number of carbonyl (C=O) groups excluding carboxylic acids is 1. The molecule has 0 bridgehead atoms. The fourth-order valence-corrected chi connectivity index (χ4v) is 3.89. The zero-order chi connectivity index (χ0) is 20.8. The summed E-state index contributed by atoms with van der Waals surface area (Å²) in [6.45, 7) is 0.821. The van der Waals surface area contributed by atoms with Gasteiger partial charge in [-0.15, -0.1) is 10.2 Å². The Hall–Kier alpha value is -2.03. The van der Waals surface area contributed by atoms with Crippen molar-refractivity contribution in [2.75, 3.05) is 12.8 Å². The van der Waals surface area contributed by atoms with Crippen LogP contribution in [0.1, 0.15) is 11.4 Å². The quantitative estimate of drug-likeness (QED) is 0.429. The van der Waals surface area contributed by atoms with E-state index in [2.05, 4.69) is 26.1 Å². The molecule has 152 valence electrons. The van der Waals surface area contributed by atoms with Crippen LogP contribution in [0, 0.1) is 0 Å². The average Bonchev–Trinajstić information content (AvgIpc) is 3.07. The highest BCUT2D eigenvalue weighted by Crippen LogP contribution is 2.21. The van der Waals surface area contributed by atoms with Crippen LogP contribution in [0.2, 0.25) is 5.02 Å². The minimum atomic E-state index is 0.0210. The van der Waals surface area contributed by atoms with Crippen molar-refractivity contribution in [3.05, 3.63) is 69.4 Å². The average molecular weight is 496 g/mol. The summed E-state index contributed by atoms with van der Waals surface area (Å²) in [4.78, 5) is 14.2. The first-order chi connectivity index (χ1) is 13.9. The van der Waals surface area contributed by atoms with Crippen LogP contribution in [-0.2, 0) is 25.0 Å². The number of ether oxygens (including phenoxy) is 1. The normalized spacial score (nSPS) is 10.8. The molecule has 0 unspecified atom stereocenters. The minimum absolute atomic E-state index is 0.0210. The smallest absolute Gasteiger partial charge is 0.233 e. The first kappa shape index (κ1) is 21.7. The molecule has 1 aromatic heterocycles. The number of thioether (sulfide) groups is 1. The van der Waals surface area contributed by atoms with Crippen molar-refractivity contribution in [2.45, 2.75) is 18.3 Å². The van der Waals surface area contributed by atoms with Gasteiger partial charge in [0.2, 0.25) is 5.91 Å². The van der Waals surface area contributed by atoms with Crippen LogP contribution in [-0.4, -0.2) is 38.4 Å². The molecule has 0 saturated heterocycles. The lowest BCUT2D eigenvalue weighted by Crippen LogP contribution is -2.28. The second kappa shape index (κ2) is 10.1. The topological polar surface area (TPSA) is 60.3 Å². The van der Waals surface area contributed by atoms with Crippen LogP contribution in [0.5, 0.6) is 5.75 Å². The Balaban J connectivity index is 1.52. The SMILES string of the molecule is CN(Cc1ccccc1Br)C(=O)CSc1nnc(COc2ccc(Cl)cc2)n1C. The first-order valence-electron chi connectivity index (χ1n) is 8.81. The highest BCUT2D eigenvalue weighted by Gasteiger charge is 2.15. The van der Waals surface area contributed by atoms with Gasteiger partial charge in [0.1, 0.15) is 12.4 Å². The highest BCUT2D eigenvalue weighted by atomic mass is 79.9. The van der Waals surface area contributed by atoms with Crippen molar-refractivity contribution in [1.82, 2.24) is 19.7 Å². The van der Waals surface area contributed by atoms with Gasteiger partial charge in [0.25, 0.3) is 0 Å². The minimum Gasteiger partial charge on any atom is -0.486 e. The van der Waals surface area contributed by atoms with Crippen molar-refractivity contribution in [1.29, 1.82) is 0 Å². The third-order valence-corrected chi connectivity index (χ3v) is 6.25. The third-order valence-electron chi connectivity index (χ3n) is 4.22. The van der Waals surface area contributed by atoms with E-state index in [0.29, 0.717) is 28.3 Å². The van der Waals surface area contributed by atoms with E-state index in [1.807, 2.05) is 35.9 Å². The van der Waals surface area contributed by atoms with Crippen molar-refractivity contribution in [2.24, 2.45) is 7.05 Å². The van der Waals surface area contributed by atoms with E-state index in [9.17, 15) is 4.79 Å². The number of aromatic nitrogens is 3. The maximum atomic E-state index is 12.5. The van der Waals surface area contributed by atoms with E-state index in [1.165, 1.54) is 11.8 Å². The maximum Gasteiger partial charge on any atom is 0.233 e. The fourth-order valence-electron chi connectivity index (χ4n) is 2.48. The van der Waals surface area contributed by atoms with Crippen LogP contribution >= 0.6 is 39.3 Å². The maximum absolute atomic E-state index is 12.5. The molecule has 0 fully saturated rings.